The number of rotatable bonds is 7. The van der Waals surface area contributed by atoms with E-state index in [1.54, 1.807) is 19.1 Å². The van der Waals surface area contributed by atoms with E-state index in [2.05, 4.69) is 10.6 Å². The fourth-order valence-electron chi connectivity index (χ4n) is 2.55. The first-order valence-corrected chi connectivity index (χ1v) is 10.6. The summed E-state index contributed by atoms with van der Waals surface area (Å²) in [6, 6.07) is 11.4. The second-order valence-electron chi connectivity index (χ2n) is 8.06. The number of aromatic carboxylic acids is 1. The lowest BCUT2D eigenvalue weighted by molar-refractivity contribution is -0.118. The maximum Gasteiger partial charge on any atom is 0.335 e. The number of benzene rings is 2. The molecule has 0 saturated carbocycles. The van der Waals surface area contributed by atoms with Crippen molar-refractivity contribution in [3.05, 3.63) is 53.1 Å². The Hall–Kier alpha value is -2.51. The number of amides is 2. The number of carbonyl (C=O) groups excluding carboxylic acids is 2. The molecular weight excluding hydrogens is 424 g/mol. The molecular formula is C22H25ClN2O4S. The molecule has 0 bridgehead atoms. The highest BCUT2D eigenvalue weighted by atomic mass is 35.5. The minimum Gasteiger partial charge on any atom is -0.478 e. The van der Waals surface area contributed by atoms with Crippen LogP contribution in [0.5, 0.6) is 0 Å². The Morgan fingerprint density at radius 3 is 2.27 bits per heavy atom. The first-order chi connectivity index (χ1) is 13.9. The largest absolute Gasteiger partial charge is 0.478 e. The topological polar surface area (TPSA) is 95.5 Å². The predicted molar refractivity (Wildman–Crippen MR) is 122 cm³/mol. The summed E-state index contributed by atoms with van der Waals surface area (Å²) in [7, 11) is 0. The lowest BCUT2D eigenvalue weighted by Crippen LogP contribution is -2.22. The first-order valence-electron chi connectivity index (χ1n) is 9.35. The van der Waals surface area contributed by atoms with Crippen molar-refractivity contribution in [1.82, 2.24) is 0 Å². The van der Waals surface area contributed by atoms with Crippen LogP contribution >= 0.6 is 23.4 Å². The van der Waals surface area contributed by atoms with Gasteiger partial charge in [0.1, 0.15) is 0 Å². The molecule has 30 heavy (non-hydrogen) atoms. The van der Waals surface area contributed by atoms with Gasteiger partial charge in [0.05, 0.1) is 21.5 Å². The summed E-state index contributed by atoms with van der Waals surface area (Å²) in [5.41, 5.74) is 0.906. The van der Waals surface area contributed by atoms with E-state index in [9.17, 15) is 14.4 Å². The van der Waals surface area contributed by atoms with Gasteiger partial charge in [0, 0.05) is 17.0 Å². The van der Waals surface area contributed by atoms with Gasteiger partial charge in [-0.2, -0.15) is 0 Å². The number of carboxylic acid groups (broad SMARTS) is 1. The van der Waals surface area contributed by atoms with Gasteiger partial charge in [0.15, 0.2) is 0 Å². The predicted octanol–water partition coefficient (Wildman–Crippen LogP) is 5.53. The van der Waals surface area contributed by atoms with Crippen molar-refractivity contribution in [3.63, 3.8) is 0 Å². The van der Waals surface area contributed by atoms with Gasteiger partial charge in [-0.3, -0.25) is 9.59 Å². The number of carboxylic acids is 1. The van der Waals surface area contributed by atoms with Gasteiger partial charge in [-0.05, 0) is 54.8 Å². The maximum atomic E-state index is 12.5. The van der Waals surface area contributed by atoms with E-state index in [0.29, 0.717) is 12.1 Å². The minimum atomic E-state index is -1.10. The Kier molecular flexibility index (Phi) is 7.92. The van der Waals surface area contributed by atoms with Crippen molar-refractivity contribution < 1.29 is 19.5 Å². The highest BCUT2D eigenvalue weighted by Gasteiger charge is 2.18. The molecule has 0 spiro atoms. The van der Waals surface area contributed by atoms with Gasteiger partial charge < -0.3 is 15.7 Å². The van der Waals surface area contributed by atoms with Gasteiger partial charge in [0.25, 0.3) is 0 Å². The number of hydrogen-bond acceptors (Lipinski definition) is 4. The standard InChI is InChI=1S/C22H25ClN2O4S/c1-13(20(27)25-18-11-14(21(28)29)5-10-17(18)23)30-16-8-6-15(7-9-16)24-19(26)12-22(2,3)4/h5-11,13H,12H2,1-4H3,(H,24,26)(H,25,27)(H,28,29). The number of hydrogen-bond donors (Lipinski definition) is 3. The molecule has 0 saturated heterocycles. The minimum absolute atomic E-state index is 0.0408. The Morgan fingerprint density at radius 2 is 1.70 bits per heavy atom. The van der Waals surface area contributed by atoms with E-state index in [-0.39, 0.29) is 33.5 Å². The molecule has 160 valence electrons. The number of carbonyl (C=O) groups is 3. The molecule has 1 atom stereocenters. The first kappa shape index (κ1) is 23.8. The van der Waals surface area contributed by atoms with Gasteiger partial charge >= 0.3 is 5.97 Å². The average molecular weight is 449 g/mol. The molecule has 0 aromatic heterocycles. The summed E-state index contributed by atoms with van der Waals surface area (Å²) in [5, 5.41) is 14.4. The van der Waals surface area contributed by atoms with E-state index in [1.165, 1.54) is 30.0 Å². The number of thioether (sulfide) groups is 1. The highest BCUT2D eigenvalue weighted by Crippen LogP contribution is 2.28. The van der Waals surface area contributed by atoms with Gasteiger partial charge in [-0.25, -0.2) is 4.79 Å². The van der Waals surface area contributed by atoms with E-state index >= 15 is 0 Å². The molecule has 6 nitrogen and oxygen atoms in total. The Bertz CT molecular complexity index is 939. The van der Waals surface area contributed by atoms with Gasteiger partial charge in [0.2, 0.25) is 11.8 Å². The van der Waals surface area contributed by atoms with Crippen LogP contribution in [0.4, 0.5) is 11.4 Å². The normalized spacial score (nSPS) is 12.2. The molecule has 0 radical (unpaired) electrons. The van der Waals surface area contributed by atoms with Crippen molar-refractivity contribution >= 4 is 52.5 Å². The molecule has 2 rings (SSSR count). The van der Waals surface area contributed by atoms with E-state index in [1.807, 2.05) is 32.9 Å². The van der Waals surface area contributed by atoms with Crippen LogP contribution < -0.4 is 10.6 Å². The quantitative estimate of drug-likeness (QED) is 0.484. The molecule has 2 aromatic rings. The molecule has 1 unspecified atom stereocenters. The lowest BCUT2D eigenvalue weighted by atomic mass is 9.92. The van der Waals surface area contributed by atoms with Crippen molar-refractivity contribution in [2.45, 2.75) is 44.3 Å². The van der Waals surface area contributed by atoms with Crippen LogP contribution in [0.3, 0.4) is 0 Å². The Balaban J connectivity index is 1.96. The van der Waals surface area contributed by atoms with Crippen molar-refractivity contribution in [3.8, 4) is 0 Å². The molecule has 2 aromatic carbocycles. The zero-order valence-corrected chi connectivity index (χ0v) is 18.9. The highest BCUT2D eigenvalue weighted by molar-refractivity contribution is 8.00. The molecule has 2 amide bonds. The fourth-order valence-corrected chi connectivity index (χ4v) is 3.58. The van der Waals surface area contributed by atoms with Crippen LogP contribution in [0.25, 0.3) is 0 Å². The molecule has 0 fully saturated rings. The summed E-state index contributed by atoms with van der Waals surface area (Å²) < 4.78 is 0. The Morgan fingerprint density at radius 1 is 1.07 bits per heavy atom. The third-order valence-electron chi connectivity index (χ3n) is 3.98. The van der Waals surface area contributed by atoms with Crippen LogP contribution in [-0.4, -0.2) is 28.1 Å². The van der Waals surface area contributed by atoms with Crippen LogP contribution in [0, 0.1) is 5.41 Å². The summed E-state index contributed by atoms with van der Waals surface area (Å²) >= 11 is 7.40. The second kappa shape index (κ2) is 10.00. The lowest BCUT2D eigenvalue weighted by Gasteiger charge is -2.17. The number of anilines is 2. The van der Waals surface area contributed by atoms with E-state index in [4.69, 9.17) is 16.7 Å². The van der Waals surface area contributed by atoms with Crippen LogP contribution in [0.15, 0.2) is 47.4 Å². The fraction of sp³-hybridized carbons (Fsp3) is 0.318. The third-order valence-corrected chi connectivity index (χ3v) is 5.42. The number of halogens is 1. The van der Waals surface area contributed by atoms with E-state index in [0.717, 1.165) is 4.90 Å². The van der Waals surface area contributed by atoms with E-state index < -0.39 is 11.2 Å². The van der Waals surface area contributed by atoms with Crippen molar-refractivity contribution in [2.75, 3.05) is 10.6 Å². The summed E-state index contributed by atoms with van der Waals surface area (Å²) in [6.07, 6.45) is 0.423. The van der Waals surface area contributed by atoms with Crippen LogP contribution in [-0.2, 0) is 9.59 Å². The summed E-state index contributed by atoms with van der Waals surface area (Å²) in [5.74, 6) is -1.44. The van der Waals surface area contributed by atoms with Crippen LogP contribution in [0.1, 0.15) is 44.5 Å². The van der Waals surface area contributed by atoms with Gasteiger partial charge in [-0.1, -0.05) is 32.4 Å². The van der Waals surface area contributed by atoms with Crippen molar-refractivity contribution in [1.29, 1.82) is 0 Å². The molecule has 0 aliphatic heterocycles. The molecule has 3 N–H and O–H groups in total. The molecule has 8 heteroatoms. The average Bonchev–Trinajstić information content (AvgIpc) is 2.63. The smallest absolute Gasteiger partial charge is 0.335 e. The van der Waals surface area contributed by atoms with Crippen molar-refractivity contribution in [2.24, 2.45) is 5.41 Å². The SMILES string of the molecule is CC(Sc1ccc(NC(=O)CC(C)(C)C)cc1)C(=O)Nc1cc(C(=O)O)ccc1Cl. The maximum absolute atomic E-state index is 12.5. The summed E-state index contributed by atoms with van der Waals surface area (Å²) in [6.45, 7) is 7.76. The molecule has 0 aliphatic rings. The zero-order valence-electron chi connectivity index (χ0n) is 17.3. The monoisotopic (exact) mass is 448 g/mol. The molecule has 0 heterocycles. The number of nitrogens with one attached hydrogen (secondary N) is 2. The molecule has 0 aliphatic carbocycles. The zero-order chi connectivity index (χ0) is 22.5. The third kappa shape index (κ3) is 7.39. The van der Waals surface area contributed by atoms with Crippen LogP contribution in [0.2, 0.25) is 5.02 Å². The summed E-state index contributed by atoms with van der Waals surface area (Å²) in [4.78, 5) is 36.5. The Labute approximate surface area is 185 Å². The van der Waals surface area contributed by atoms with Gasteiger partial charge in [-0.15, -0.1) is 11.8 Å². The second-order valence-corrected chi connectivity index (χ2v) is 9.88.